The Hall–Kier alpha value is -4.51. The summed E-state index contributed by atoms with van der Waals surface area (Å²) in [5.74, 6) is 1.02. The van der Waals surface area contributed by atoms with E-state index in [-0.39, 0.29) is 18.2 Å². The summed E-state index contributed by atoms with van der Waals surface area (Å²) < 4.78 is 3.59. The fraction of sp³-hybridized carbons (Fsp3) is 0.185. The van der Waals surface area contributed by atoms with Crippen LogP contribution in [0, 0.1) is 0 Å². The minimum Gasteiger partial charge on any atom is -0.326 e. The number of nitrogens with zero attached hydrogens (tertiary/aromatic N) is 7. The fourth-order valence-corrected chi connectivity index (χ4v) is 5.33. The molecule has 0 saturated carbocycles. The monoisotopic (exact) mass is 524 g/mol. The summed E-state index contributed by atoms with van der Waals surface area (Å²) in [7, 11) is 0. The van der Waals surface area contributed by atoms with Crippen molar-refractivity contribution >= 4 is 46.0 Å². The number of para-hydroxylation sites is 2. The van der Waals surface area contributed by atoms with Gasteiger partial charge >= 0.3 is 0 Å². The zero-order chi connectivity index (χ0) is 25.9. The highest BCUT2D eigenvalue weighted by Gasteiger charge is 2.22. The number of thioether (sulfide) groups is 1. The molecule has 10 nitrogen and oxygen atoms in total. The second-order valence-electron chi connectivity index (χ2n) is 8.79. The fourth-order valence-electron chi connectivity index (χ4n) is 4.44. The first-order valence-electron chi connectivity index (χ1n) is 12.3. The van der Waals surface area contributed by atoms with Crippen molar-refractivity contribution < 1.29 is 9.59 Å². The largest absolute Gasteiger partial charge is 0.326 e. The van der Waals surface area contributed by atoms with Crippen LogP contribution in [0.3, 0.4) is 0 Å². The van der Waals surface area contributed by atoms with E-state index >= 15 is 0 Å². The first-order chi connectivity index (χ1) is 18.7. The summed E-state index contributed by atoms with van der Waals surface area (Å²) in [4.78, 5) is 26.6. The summed E-state index contributed by atoms with van der Waals surface area (Å²) >= 11 is 1.44. The van der Waals surface area contributed by atoms with Crippen LogP contribution in [0.25, 0.3) is 22.7 Å². The van der Waals surface area contributed by atoms with E-state index in [1.54, 1.807) is 9.58 Å². The molecular formula is C27H24N8O2S. The van der Waals surface area contributed by atoms with Crippen LogP contribution in [0.15, 0.2) is 84.0 Å². The Morgan fingerprint density at radius 3 is 2.58 bits per heavy atom. The average Bonchev–Trinajstić information content (AvgIpc) is 3.67. The minimum absolute atomic E-state index is 0.115. The lowest BCUT2D eigenvalue weighted by molar-refractivity contribution is -0.117. The second kappa shape index (κ2) is 10.5. The van der Waals surface area contributed by atoms with E-state index < -0.39 is 0 Å². The summed E-state index contributed by atoms with van der Waals surface area (Å²) in [6.07, 6.45) is 1.70. The first kappa shape index (κ1) is 23.9. The Balaban J connectivity index is 1.17. The molecule has 0 aliphatic carbocycles. The molecule has 1 aliphatic heterocycles. The van der Waals surface area contributed by atoms with Crippen molar-refractivity contribution in [1.29, 1.82) is 0 Å². The van der Waals surface area contributed by atoms with Gasteiger partial charge in [-0.25, -0.2) is 0 Å². The molecule has 1 aliphatic rings. The van der Waals surface area contributed by atoms with Gasteiger partial charge in [0.1, 0.15) is 5.52 Å². The second-order valence-corrected chi connectivity index (χ2v) is 9.85. The van der Waals surface area contributed by atoms with Gasteiger partial charge in [-0.3, -0.25) is 14.2 Å². The molecule has 0 bridgehead atoms. The lowest BCUT2D eigenvalue weighted by atomic mass is 10.2. The van der Waals surface area contributed by atoms with Gasteiger partial charge in [0.2, 0.25) is 11.8 Å². The van der Waals surface area contributed by atoms with Crippen molar-refractivity contribution in [2.24, 2.45) is 0 Å². The molecule has 11 heteroatoms. The van der Waals surface area contributed by atoms with Crippen molar-refractivity contribution in [2.45, 2.75) is 24.4 Å². The van der Waals surface area contributed by atoms with Crippen LogP contribution < -0.4 is 10.2 Å². The van der Waals surface area contributed by atoms with Gasteiger partial charge in [0, 0.05) is 36.5 Å². The Morgan fingerprint density at radius 2 is 1.74 bits per heavy atom. The zero-order valence-electron chi connectivity index (χ0n) is 20.4. The third kappa shape index (κ3) is 4.75. The Morgan fingerprint density at radius 1 is 0.921 bits per heavy atom. The molecule has 3 aromatic carbocycles. The molecular weight excluding hydrogens is 500 g/mol. The lowest BCUT2D eigenvalue weighted by Crippen LogP contribution is -2.23. The van der Waals surface area contributed by atoms with Gasteiger partial charge in [-0.05, 0) is 48.9 Å². The van der Waals surface area contributed by atoms with E-state index in [2.05, 4.69) is 25.8 Å². The molecule has 38 heavy (non-hydrogen) atoms. The molecule has 6 rings (SSSR count). The highest BCUT2D eigenvalue weighted by Crippen LogP contribution is 2.27. The Labute approximate surface area is 222 Å². The van der Waals surface area contributed by atoms with Crippen molar-refractivity contribution in [2.75, 3.05) is 22.5 Å². The molecule has 2 amide bonds. The normalized spacial score (nSPS) is 13.4. The van der Waals surface area contributed by atoms with Crippen LogP contribution in [0.5, 0.6) is 0 Å². The van der Waals surface area contributed by atoms with Gasteiger partial charge in [0.25, 0.3) is 5.95 Å². The molecule has 5 aromatic rings. The van der Waals surface area contributed by atoms with Gasteiger partial charge in [0.15, 0.2) is 5.16 Å². The first-order valence-corrected chi connectivity index (χ1v) is 13.3. The number of nitrogens with one attached hydrogen (secondary N) is 1. The average molecular weight is 525 g/mol. The maximum absolute atomic E-state index is 12.7. The number of fused-ring (bicyclic) bond motifs is 1. The third-order valence-corrected chi connectivity index (χ3v) is 7.18. The van der Waals surface area contributed by atoms with E-state index in [0.29, 0.717) is 35.5 Å². The topological polar surface area (TPSA) is 111 Å². The number of carbonyl (C=O) groups is 2. The number of amides is 2. The number of rotatable bonds is 8. The summed E-state index contributed by atoms with van der Waals surface area (Å²) in [6.45, 7) is 0.710. The van der Waals surface area contributed by atoms with Crippen LogP contribution in [0.1, 0.15) is 19.3 Å². The number of carbonyl (C=O) groups excluding carboxylic acids is 2. The van der Waals surface area contributed by atoms with Crippen LogP contribution in [0.4, 0.5) is 11.4 Å². The quantitative estimate of drug-likeness (QED) is 0.302. The number of benzene rings is 3. The molecule has 1 N–H and O–H groups in total. The lowest BCUT2D eigenvalue weighted by Gasteiger charge is -2.16. The molecule has 3 heterocycles. The van der Waals surface area contributed by atoms with Gasteiger partial charge < -0.3 is 10.2 Å². The van der Waals surface area contributed by atoms with E-state index in [4.69, 9.17) is 0 Å². The maximum atomic E-state index is 12.7. The summed E-state index contributed by atoms with van der Waals surface area (Å²) in [5, 5.41) is 21.0. The molecule has 0 radical (unpaired) electrons. The molecule has 0 unspecified atom stereocenters. The van der Waals surface area contributed by atoms with Crippen LogP contribution in [-0.4, -0.2) is 53.9 Å². The smallest absolute Gasteiger partial charge is 0.259 e. The van der Waals surface area contributed by atoms with Gasteiger partial charge in [-0.15, -0.1) is 15.3 Å². The van der Waals surface area contributed by atoms with Crippen molar-refractivity contribution in [1.82, 2.24) is 29.8 Å². The molecule has 1 saturated heterocycles. The van der Waals surface area contributed by atoms with Gasteiger partial charge in [0.05, 0.1) is 11.2 Å². The maximum Gasteiger partial charge on any atom is 0.259 e. The third-order valence-electron chi connectivity index (χ3n) is 6.25. The molecule has 0 atom stereocenters. The molecule has 2 aromatic heterocycles. The standard InChI is InChI=1S/C27H24N8O2S/c36-24(28-19-8-6-11-21(18-19)33-16-7-14-25(33)37)15-17-38-27-31-30-26(34(27)20-9-2-1-3-10-20)35-23-13-5-4-12-22(23)29-32-35/h1-6,8-13,18H,7,14-17H2,(H,28,36). The predicted octanol–water partition coefficient (Wildman–Crippen LogP) is 4.25. The van der Waals surface area contributed by atoms with E-state index in [0.717, 1.165) is 28.8 Å². The number of hydrogen-bond acceptors (Lipinski definition) is 7. The number of hydrogen-bond donors (Lipinski definition) is 1. The highest BCUT2D eigenvalue weighted by atomic mass is 32.2. The molecule has 0 spiro atoms. The van der Waals surface area contributed by atoms with E-state index in [9.17, 15) is 9.59 Å². The van der Waals surface area contributed by atoms with Gasteiger partial charge in [-0.1, -0.05) is 53.4 Å². The predicted molar refractivity (Wildman–Crippen MR) is 146 cm³/mol. The van der Waals surface area contributed by atoms with Crippen molar-refractivity contribution in [3.05, 3.63) is 78.9 Å². The van der Waals surface area contributed by atoms with Crippen molar-refractivity contribution in [3.63, 3.8) is 0 Å². The molecule has 190 valence electrons. The van der Waals surface area contributed by atoms with Crippen LogP contribution in [0.2, 0.25) is 0 Å². The van der Waals surface area contributed by atoms with E-state index in [1.165, 1.54) is 11.8 Å². The summed E-state index contributed by atoms with van der Waals surface area (Å²) in [6, 6.07) is 24.9. The van der Waals surface area contributed by atoms with Crippen LogP contribution >= 0.6 is 11.8 Å². The summed E-state index contributed by atoms with van der Waals surface area (Å²) in [5.41, 5.74) is 3.95. The van der Waals surface area contributed by atoms with E-state index in [1.807, 2.05) is 83.4 Å². The Kier molecular flexibility index (Phi) is 6.57. The number of anilines is 2. The van der Waals surface area contributed by atoms with Crippen LogP contribution in [-0.2, 0) is 9.59 Å². The molecule has 1 fully saturated rings. The SMILES string of the molecule is O=C(CCSc1nnc(-n2nnc3ccccc32)n1-c1ccccc1)Nc1cccc(N2CCCC2=O)c1. The van der Waals surface area contributed by atoms with Gasteiger partial charge in [-0.2, -0.15) is 4.68 Å². The highest BCUT2D eigenvalue weighted by molar-refractivity contribution is 7.99. The number of aromatic nitrogens is 6. The van der Waals surface area contributed by atoms with Crippen molar-refractivity contribution in [3.8, 4) is 11.6 Å². The minimum atomic E-state index is -0.115. The zero-order valence-corrected chi connectivity index (χ0v) is 21.2. The Bertz CT molecular complexity index is 1610.